The van der Waals surface area contributed by atoms with Crippen LogP contribution in [0.15, 0.2) is 47.4 Å². The number of benzene rings is 2. The number of para-hydroxylation sites is 1. The van der Waals surface area contributed by atoms with Gasteiger partial charge in [-0.2, -0.15) is 5.26 Å². The van der Waals surface area contributed by atoms with E-state index in [1.165, 1.54) is 12.1 Å². The first-order valence-electron chi connectivity index (χ1n) is 6.23. The summed E-state index contributed by atoms with van der Waals surface area (Å²) >= 11 is 0.944. The molecule has 2 N–H and O–H groups in total. The number of anilines is 2. The van der Waals surface area contributed by atoms with Crippen LogP contribution in [-0.4, -0.2) is 11.8 Å². The Morgan fingerprint density at radius 2 is 1.52 bits per heavy atom. The monoisotopic (exact) mass is 333 g/mol. The lowest BCUT2D eigenvalue weighted by molar-refractivity contribution is -0.133. The average molecular weight is 333 g/mol. The predicted octanol–water partition coefficient (Wildman–Crippen LogP) is 3.12. The second-order valence-electron chi connectivity index (χ2n) is 4.22. The van der Waals surface area contributed by atoms with Crippen LogP contribution >= 0.6 is 11.8 Å². The van der Waals surface area contributed by atoms with Crippen molar-refractivity contribution in [2.24, 2.45) is 0 Å². The van der Waals surface area contributed by atoms with E-state index < -0.39 is 29.1 Å². The molecule has 8 heteroatoms. The first kappa shape index (κ1) is 16.5. The highest BCUT2D eigenvalue weighted by atomic mass is 32.2. The van der Waals surface area contributed by atoms with E-state index in [0.717, 1.165) is 30.0 Å². The van der Waals surface area contributed by atoms with Crippen molar-refractivity contribution >= 4 is 35.0 Å². The van der Waals surface area contributed by atoms with Crippen molar-refractivity contribution in [2.45, 2.75) is 4.90 Å². The lowest BCUT2D eigenvalue weighted by Gasteiger charge is -2.08. The van der Waals surface area contributed by atoms with Crippen LogP contribution < -0.4 is 10.6 Å². The van der Waals surface area contributed by atoms with Crippen LogP contribution in [0.25, 0.3) is 0 Å². The maximum Gasteiger partial charge on any atom is 0.314 e. The van der Waals surface area contributed by atoms with Crippen molar-refractivity contribution in [3.8, 4) is 5.40 Å². The fourth-order valence-corrected chi connectivity index (χ4v) is 2.01. The van der Waals surface area contributed by atoms with Crippen LogP contribution in [0.4, 0.5) is 20.2 Å². The van der Waals surface area contributed by atoms with Gasteiger partial charge in [0.1, 0.15) is 22.7 Å². The molecule has 0 spiro atoms. The zero-order valence-electron chi connectivity index (χ0n) is 11.5. The Labute approximate surface area is 134 Å². The van der Waals surface area contributed by atoms with E-state index >= 15 is 0 Å². The van der Waals surface area contributed by atoms with Gasteiger partial charge in [-0.25, -0.2) is 8.78 Å². The maximum absolute atomic E-state index is 13.4. The average Bonchev–Trinajstić information content (AvgIpc) is 2.53. The minimum Gasteiger partial charge on any atom is -0.318 e. The summed E-state index contributed by atoms with van der Waals surface area (Å²) in [7, 11) is 0. The van der Waals surface area contributed by atoms with Gasteiger partial charge in [0.2, 0.25) is 0 Å². The van der Waals surface area contributed by atoms with Gasteiger partial charge in [-0.3, -0.25) is 9.59 Å². The number of nitrogens with zero attached hydrogens (tertiary/aromatic N) is 1. The number of amides is 2. The summed E-state index contributed by atoms with van der Waals surface area (Å²) in [5, 5.41) is 14.6. The molecule has 116 valence electrons. The normalized spacial score (nSPS) is 9.78. The number of hydrogen-bond acceptors (Lipinski definition) is 4. The molecule has 0 aliphatic heterocycles. The standard InChI is InChI=1S/C15H9F2N3O2S/c16-11-2-1-3-12(17)13(11)20-15(22)14(21)19-9-4-6-10(7-5-9)23-8-18/h1-7H,(H,19,21)(H,20,22). The predicted molar refractivity (Wildman–Crippen MR) is 81.5 cm³/mol. The van der Waals surface area contributed by atoms with E-state index in [-0.39, 0.29) is 0 Å². The molecule has 0 aliphatic rings. The fraction of sp³-hybridized carbons (Fsp3) is 0. The lowest BCUT2D eigenvalue weighted by atomic mass is 10.3. The summed E-state index contributed by atoms with van der Waals surface area (Å²) in [6, 6.07) is 9.21. The Balaban J connectivity index is 2.03. The lowest BCUT2D eigenvalue weighted by Crippen LogP contribution is -2.29. The van der Waals surface area contributed by atoms with Crippen LogP contribution in [-0.2, 0) is 9.59 Å². The van der Waals surface area contributed by atoms with Crippen LogP contribution in [0, 0.1) is 22.3 Å². The van der Waals surface area contributed by atoms with Crippen LogP contribution in [0.2, 0.25) is 0 Å². The molecule has 0 bridgehead atoms. The largest absolute Gasteiger partial charge is 0.318 e. The number of carbonyl (C=O) groups is 2. The molecule has 0 saturated heterocycles. The zero-order chi connectivity index (χ0) is 16.8. The number of hydrogen-bond donors (Lipinski definition) is 2. The van der Waals surface area contributed by atoms with Gasteiger partial charge in [0.15, 0.2) is 0 Å². The number of halogens is 2. The van der Waals surface area contributed by atoms with Gasteiger partial charge in [0, 0.05) is 10.6 Å². The second kappa shape index (κ2) is 7.38. The molecule has 0 aliphatic carbocycles. The van der Waals surface area contributed by atoms with E-state index in [9.17, 15) is 18.4 Å². The highest BCUT2D eigenvalue weighted by Gasteiger charge is 2.18. The fourth-order valence-electron chi connectivity index (χ4n) is 1.63. The summed E-state index contributed by atoms with van der Waals surface area (Å²) in [4.78, 5) is 24.1. The zero-order valence-corrected chi connectivity index (χ0v) is 12.3. The molecule has 23 heavy (non-hydrogen) atoms. The molecule has 2 amide bonds. The maximum atomic E-state index is 13.4. The van der Waals surface area contributed by atoms with E-state index in [1.807, 2.05) is 10.7 Å². The molecule has 0 saturated carbocycles. The van der Waals surface area contributed by atoms with Crippen molar-refractivity contribution in [3.63, 3.8) is 0 Å². The number of thiocyanates is 1. The molecule has 0 aromatic heterocycles. The summed E-state index contributed by atoms with van der Waals surface area (Å²) in [6.07, 6.45) is 0. The third-order valence-corrected chi connectivity index (χ3v) is 3.28. The van der Waals surface area contributed by atoms with E-state index in [4.69, 9.17) is 5.26 Å². The van der Waals surface area contributed by atoms with Crippen molar-refractivity contribution in [1.82, 2.24) is 0 Å². The third kappa shape index (κ3) is 4.28. The molecule has 2 rings (SSSR count). The Bertz CT molecular complexity index is 768. The third-order valence-electron chi connectivity index (χ3n) is 2.68. The van der Waals surface area contributed by atoms with E-state index in [0.29, 0.717) is 10.6 Å². The molecule has 0 unspecified atom stereocenters. The molecular weight excluding hydrogens is 324 g/mol. The van der Waals surface area contributed by atoms with Gasteiger partial charge in [-0.05, 0) is 48.2 Å². The van der Waals surface area contributed by atoms with E-state index in [1.54, 1.807) is 12.1 Å². The summed E-state index contributed by atoms with van der Waals surface area (Å²) in [5.74, 6) is -4.24. The molecule has 2 aromatic rings. The van der Waals surface area contributed by atoms with Crippen molar-refractivity contribution in [2.75, 3.05) is 10.6 Å². The number of thioether (sulfide) groups is 1. The number of rotatable bonds is 3. The first-order valence-corrected chi connectivity index (χ1v) is 7.05. The number of nitriles is 1. The van der Waals surface area contributed by atoms with Gasteiger partial charge in [0.25, 0.3) is 0 Å². The topological polar surface area (TPSA) is 82.0 Å². The SMILES string of the molecule is N#CSc1ccc(NC(=O)C(=O)Nc2c(F)cccc2F)cc1. The Morgan fingerprint density at radius 1 is 0.957 bits per heavy atom. The van der Waals surface area contributed by atoms with Crippen LogP contribution in [0.5, 0.6) is 0 Å². The Hall–Kier alpha value is -2.92. The number of carbonyl (C=O) groups excluding carboxylic acids is 2. The smallest absolute Gasteiger partial charge is 0.314 e. The highest BCUT2D eigenvalue weighted by Crippen LogP contribution is 2.20. The van der Waals surface area contributed by atoms with Gasteiger partial charge in [0.05, 0.1) is 0 Å². The molecule has 5 nitrogen and oxygen atoms in total. The Morgan fingerprint density at radius 3 is 2.09 bits per heavy atom. The first-order chi connectivity index (χ1) is 11.0. The van der Waals surface area contributed by atoms with Gasteiger partial charge in [-0.1, -0.05) is 6.07 Å². The minimum absolute atomic E-state index is 0.307. The van der Waals surface area contributed by atoms with Gasteiger partial charge < -0.3 is 10.6 Å². The van der Waals surface area contributed by atoms with Crippen molar-refractivity contribution in [1.29, 1.82) is 5.26 Å². The van der Waals surface area contributed by atoms with Crippen LogP contribution in [0.3, 0.4) is 0 Å². The molecule has 0 heterocycles. The van der Waals surface area contributed by atoms with Crippen molar-refractivity contribution in [3.05, 3.63) is 54.1 Å². The highest BCUT2D eigenvalue weighted by molar-refractivity contribution is 8.03. The summed E-state index contributed by atoms with van der Waals surface area (Å²) in [5.41, 5.74) is -0.380. The second-order valence-corrected chi connectivity index (χ2v) is 5.08. The molecule has 0 atom stereocenters. The summed E-state index contributed by atoms with van der Waals surface area (Å²) in [6.45, 7) is 0. The van der Waals surface area contributed by atoms with Gasteiger partial charge in [-0.15, -0.1) is 0 Å². The summed E-state index contributed by atoms with van der Waals surface area (Å²) < 4.78 is 26.8. The molecule has 2 aromatic carbocycles. The van der Waals surface area contributed by atoms with Gasteiger partial charge >= 0.3 is 11.8 Å². The number of nitrogens with one attached hydrogen (secondary N) is 2. The quantitative estimate of drug-likeness (QED) is 0.514. The van der Waals surface area contributed by atoms with Crippen LogP contribution in [0.1, 0.15) is 0 Å². The molecular formula is C15H9F2N3O2S. The molecule has 0 fully saturated rings. The Kier molecular flexibility index (Phi) is 5.28. The molecule has 0 radical (unpaired) electrons. The van der Waals surface area contributed by atoms with Crippen molar-refractivity contribution < 1.29 is 18.4 Å². The van der Waals surface area contributed by atoms with E-state index in [2.05, 4.69) is 5.32 Å². The minimum atomic E-state index is -1.20.